The molecule has 2 N–H and O–H groups in total. The number of sulfonamides is 1. The van der Waals surface area contributed by atoms with Gasteiger partial charge in [-0.2, -0.15) is 0 Å². The van der Waals surface area contributed by atoms with Crippen molar-refractivity contribution in [2.45, 2.75) is 4.90 Å². The maximum Gasteiger partial charge on any atom is 0.261 e. The van der Waals surface area contributed by atoms with Crippen LogP contribution < -0.4 is 10.0 Å². The summed E-state index contributed by atoms with van der Waals surface area (Å²) in [4.78, 5) is 12.7. The molecule has 0 atom stereocenters. The van der Waals surface area contributed by atoms with Crippen LogP contribution in [-0.2, 0) is 10.0 Å². The second-order valence-electron chi connectivity index (χ2n) is 7.43. The van der Waals surface area contributed by atoms with Gasteiger partial charge < -0.3 is 5.32 Å². The van der Waals surface area contributed by atoms with Gasteiger partial charge in [-0.15, -0.1) is 0 Å². The summed E-state index contributed by atoms with van der Waals surface area (Å²) in [6.07, 6.45) is 6.58. The molecule has 0 aliphatic rings. The number of hydrogen-bond acceptors (Lipinski definition) is 6. The summed E-state index contributed by atoms with van der Waals surface area (Å²) in [6.45, 7) is 0. The van der Waals surface area contributed by atoms with E-state index < -0.39 is 10.0 Å². The molecule has 2 heterocycles. The predicted octanol–water partition coefficient (Wildman–Crippen LogP) is 4.87. The van der Waals surface area contributed by atoms with Crippen LogP contribution >= 0.6 is 0 Å². The van der Waals surface area contributed by atoms with Gasteiger partial charge in [0, 0.05) is 29.8 Å². The lowest BCUT2D eigenvalue weighted by Crippen LogP contribution is -2.12. The second kappa shape index (κ2) is 9.16. The van der Waals surface area contributed by atoms with Gasteiger partial charge >= 0.3 is 0 Å². The zero-order valence-electron chi connectivity index (χ0n) is 17.9. The third-order valence-corrected chi connectivity index (χ3v) is 6.50. The van der Waals surface area contributed by atoms with Gasteiger partial charge in [-0.1, -0.05) is 42.5 Å². The summed E-state index contributed by atoms with van der Waals surface area (Å²) in [7, 11) is -3.71. The van der Waals surface area contributed by atoms with Crippen LogP contribution in [0.25, 0.3) is 16.9 Å². The standard InChI is InChI=1S/C25H20N6O2S/c32-34(33,23-12-6-20(7-13-23)19-4-2-1-3-5-19)30-22-10-8-21(9-11-22)29-24-16-25(28-17-27-24)31-15-14-26-18-31/h1-18,30H,(H,27,28,29). The van der Waals surface area contributed by atoms with E-state index in [1.165, 1.54) is 6.33 Å². The molecule has 0 bridgehead atoms. The van der Waals surface area contributed by atoms with E-state index in [1.807, 2.05) is 30.3 Å². The average Bonchev–Trinajstić information content (AvgIpc) is 3.41. The lowest BCUT2D eigenvalue weighted by molar-refractivity contribution is 0.601. The number of rotatable bonds is 7. The Morgan fingerprint density at radius 1 is 0.765 bits per heavy atom. The molecule has 3 aromatic carbocycles. The Labute approximate surface area is 197 Å². The van der Waals surface area contributed by atoms with Crippen LogP contribution in [0, 0.1) is 0 Å². The number of anilines is 3. The van der Waals surface area contributed by atoms with E-state index >= 15 is 0 Å². The zero-order valence-corrected chi connectivity index (χ0v) is 18.7. The summed E-state index contributed by atoms with van der Waals surface area (Å²) in [5, 5.41) is 3.19. The first kappa shape index (κ1) is 21.4. The van der Waals surface area contributed by atoms with Gasteiger partial charge in [0.2, 0.25) is 0 Å². The summed E-state index contributed by atoms with van der Waals surface area (Å²) in [6, 6.07) is 25.3. The topological polar surface area (TPSA) is 102 Å². The molecule has 9 heteroatoms. The van der Waals surface area contributed by atoms with E-state index in [0.717, 1.165) is 16.8 Å². The van der Waals surface area contributed by atoms with Crippen molar-refractivity contribution in [2.75, 3.05) is 10.0 Å². The smallest absolute Gasteiger partial charge is 0.261 e. The van der Waals surface area contributed by atoms with Gasteiger partial charge in [0.15, 0.2) is 0 Å². The number of nitrogens with one attached hydrogen (secondary N) is 2. The predicted molar refractivity (Wildman–Crippen MR) is 132 cm³/mol. The molecule has 34 heavy (non-hydrogen) atoms. The van der Waals surface area contributed by atoms with Crippen molar-refractivity contribution < 1.29 is 8.42 Å². The molecule has 0 saturated heterocycles. The molecule has 2 aromatic heterocycles. The first-order valence-electron chi connectivity index (χ1n) is 10.4. The summed E-state index contributed by atoms with van der Waals surface area (Å²) in [5.41, 5.74) is 3.20. The Hall–Kier alpha value is -4.50. The number of aromatic nitrogens is 4. The van der Waals surface area contributed by atoms with Gasteiger partial charge in [-0.3, -0.25) is 9.29 Å². The molecule has 0 unspecified atom stereocenters. The van der Waals surface area contributed by atoms with Crippen molar-refractivity contribution in [3.8, 4) is 16.9 Å². The molecule has 0 fully saturated rings. The van der Waals surface area contributed by atoms with Gasteiger partial charge in [0.25, 0.3) is 10.0 Å². The molecule has 5 aromatic rings. The minimum Gasteiger partial charge on any atom is -0.340 e. The molecule has 0 saturated carbocycles. The van der Waals surface area contributed by atoms with Crippen molar-refractivity contribution in [1.29, 1.82) is 0 Å². The normalized spacial score (nSPS) is 11.2. The van der Waals surface area contributed by atoms with Crippen LogP contribution in [0.5, 0.6) is 0 Å². The van der Waals surface area contributed by atoms with E-state index in [0.29, 0.717) is 17.3 Å². The lowest BCUT2D eigenvalue weighted by Gasteiger charge is -2.11. The highest BCUT2D eigenvalue weighted by Gasteiger charge is 2.14. The monoisotopic (exact) mass is 468 g/mol. The fraction of sp³-hybridized carbons (Fsp3) is 0. The van der Waals surface area contributed by atoms with E-state index in [1.54, 1.807) is 77.9 Å². The molecule has 0 aliphatic heterocycles. The van der Waals surface area contributed by atoms with Crippen molar-refractivity contribution in [1.82, 2.24) is 19.5 Å². The van der Waals surface area contributed by atoms with Crippen LogP contribution in [-0.4, -0.2) is 27.9 Å². The highest BCUT2D eigenvalue weighted by Crippen LogP contribution is 2.24. The Balaban J connectivity index is 1.27. The van der Waals surface area contributed by atoms with Gasteiger partial charge in [-0.05, 0) is 47.5 Å². The van der Waals surface area contributed by atoms with E-state index in [4.69, 9.17) is 0 Å². The lowest BCUT2D eigenvalue weighted by atomic mass is 10.1. The molecular formula is C25H20N6O2S. The van der Waals surface area contributed by atoms with Gasteiger partial charge in [-0.25, -0.2) is 23.4 Å². The van der Waals surface area contributed by atoms with E-state index in [-0.39, 0.29) is 4.90 Å². The van der Waals surface area contributed by atoms with Crippen LogP contribution in [0.1, 0.15) is 0 Å². The molecule has 5 rings (SSSR count). The van der Waals surface area contributed by atoms with Crippen molar-refractivity contribution in [3.05, 3.63) is 110 Å². The van der Waals surface area contributed by atoms with Gasteiger partial charge in [0.05, 0.1) is 4.90 Å². The molecule has 8 nitrogen and oxygen atoms in total. The highest BCUT2D eigenvalue weighted by atomic mass is 32.2. The molecule has 168 valence electrons. The number of hydrogen-bond donors (Lipinski definition) is 2. The molecule has 0 amide bonds. The Bertz CT molecular complexity index is 1490. The zero-order chi connectivity index (χ0) is 23.4. The maximum absolute atomic E-state index is 12.8. The van der Waals surface area contributed by atoms with Crippen LogP contribution in [0.4, 0.5) is 17.2 Å². The second-order valence-corrected chi connectivity index (χ2v) is 9.11. The third-order valence-electron chi connectivity index (χ3n) is 5.10. The SMILES string of the molecule is O=S(=O)(Nc1ccc(Nc2cc(-n3ccnc3)ncn2)cc1)c1ccc(-c2ccccc2)cc1. The fourth-order valence-electron chi connectivity index (χ4n) is 3.39. The summed E-state index contributed by atoms with van der Waals surface area (Å²) >= 11 is 0. The third kappa shape index (κ3) is 4.79. The minimum absolute atomic E-state index is 0.197. The van der Waals surface area contributed by atoms with Crippen LogP contribution in [0.3, 0.4) is 0 Å². The quantitative estimate of drug-likeness (QED) is 0.353. The van der Waals surface area contributed by atoms with E-state index in [9.17, 15) is 8.42 Å². The van der Waals surface area contributed by atoms with Crippen molar-refractivity contribution >= 4 is 27.2 Å². The first-order chi connectivity index (χ1) is 16.6. The molecule has 0 spiro atoms. The van der Waals surface area contributed by atoms with Crippen molar-refractivity contribution in [3.63, 3.8) is 0 Å². The van der Waals surface area contributed by atoms with Crippen molar-refractivity contribution in [2.24, 2.45) is 0 Å². The number of nitrogens with zero attached hydrogens (tertiary/aromatic N) is 4. The maximum atomic E-state index is 12.8. The molecule has 0 aliphatic carbocycles. The highest BCUT2D eigenvalue weighted by molar-refractivity contribution is 7.92. The molecule has 0 radical (unpaired) electrons. The Kier molecular flexibility index (Phi) is 5.75. The average molecular weight is 469 g/mol. The summed E-state index contributed by atoms with van der Waals surface area (Å²) < 4.78 is 30.0. The van der Waals surface area contributed by atoms with E-state index in [2.05, 4.69) is 25.0 Å². The fourth-order valence-corrected chi connectivity index (χ4v) is 4.45. The molecular weight excluding hydrogens is 448 g/mol. The van der Waals surface area contributed by atoms with Gasteiger partial charge in [0.1, 0.15) is 24.3 Å². The van der Waals surface area contributed by atoms with Crippen LogP contribution in [0.2, 0.25) is 0 Å². The summed E-state index contributed by atoms with van der Waals surface area (Å²) in [5.74, 6) is 1.28. The van der Waals surface area contributed by atoms with Crippen LogP contribution in [0.15, 0.2) is 115 Å². The first-order valence-corrected chi connectivity index (χ1v) is 11.9. The number of imidazole rings is 1. The Morgan fingerprint density at radius 2 is 1.47 bits per heavy atom. The number of benzene rings is 3. The largest absolute Gasteiger partial charge is 0.340 e. The Morgan fingerprint density at radius 3 is 2.18 bits per heavy atom. The minimum atomic E-state index is -3.71.